The number of Topliss-reactive ketones (excluding diaryl/α,β-unsaturated/α-hetero) is 1. The molecule has 0 fully saturated rings. The third-order valence-corrected chi connectivity index (χ3v) is 5.65. The monoisotopic (exact) mass is 358 g/mol. The number of hydrogen-bond donors (Lipinski definition) is 0. The molecule has 5 nitrogen and oxygen atoms in total. The van der Waals surface area contributed by atoms with Crippen LogP contribution in [0.4, 0.5) is 4.39 Å². The van der Waals surface area contributed by atoms with Crippen LogP contribution in [0.2, 0.25) is 0 Å². The molecule has 0 unspecified atom stereocenters. The van der Waals surface area contributed by atoms with E-state index in [1.807, 2.05) is 12.1 Å². The van der Waals surface area contributed by atoms with E-state index in [9.17, 15) is 9.18 Å². The molecule has 3 aromatic heterocycles. The summed E-state index contributed by atoms with van der Waals surface area (Å²) in [4.78, 5) is 18.0. The van der Waals surface area contributed by atoms with Gasteiger partial charge in [0.1, 0.15) is 16.9 Å². The van der Waals surface area contributed by atoms with E-state index in [4.69, 9.17) is 4.98 Å². The third kappa shape index (κ3) is 1.82. The quantitative estimate of drug-likeness (QED) is 0.306. The lowest BCUT2D eigenvalue weighted by Gasteiger charge is -2.30. The molecule has 6 heteroatoms. The standard InChI is InChI=1S/C21H15FN4O/c1-21(2)8-14-18(16(27)9-21)17-11-7-10(22)3-6-15(11)26-20-13(24-25-26)5-4-12(23-14)19(17)20/h3-7H,8-9H2,1-2H3. The Morgan fingerprint density at radius 3 is 2.74 bits per heavy atom. The maximum absolute atomic E-state index is 14.2. The van der Waals surface area contributed by atoms with Crippen molar-refractivity contribution in [3.05, 3.63) is 47.4 Å². The van der Waals surface area contributed by atoms with Gasteiger partial charge in [0.05, 0.1) is 16.7 Å². The van der Waals surface area contributed by atoms with E-state index in [0.717, 1.165) is 45.0 Å². The Balaban J connectivity index is 1.97. The number of nitrogens with zero attached hydrogens (tertiary/aromatic N) is 4. The van der Waals surface area contributed by atoms with E-state index in [0.29, 0.717) is 17.4 Å². The van der Waals surface area contributed by atoms with Crippen molar-refractivity contribution < 1.29 is 9.18 Å². The first-order valence-electron chi connectivity index (χ1n) is 8.97. The zero-order chi connectivity index (χ0) is 18.5. The van der Waals surface area contributed by atoms with Crippen molar-refractivity contribution >= 4 is 44.0 Å². The maximum atomic E-state index is 14.2. The van der Waals surface area contributed by atoms with Crippen LogP contribution in [0.1, 0.15) is 36.3 Å². The molecule has 0 aliphatic heterocycles. The minimum absolute atomic E-state index is 0.0683. The first-order chi connectivity index (χ1) is 12.9. The van der Waals surface area contributed by atoms with Gasteiger partial charge in [0.25, 0.3) is 0 Å². The van der Waals surface area contributed by atoms with Gasteiger partial charge < -0.3 is 0 Å². The Bertz CT molecular complexity index is 1430. The Labute approximate surface area is 153 Å². The van der Waals surface area contributed by atoms with E-state index in [2.05, 4.69) is 24.2 Å². The summed E-state index contributed by atoms with van der Waals surface area (Å²) in [6.45, 7) is 4.17. The SMILES string of the molecule is CC1(C)CC(=O)c2c(nc3ccc4nnn5c6ccc(F)cc6c2c3c45)C1. The second kappa shape index (κ2) is 4.57. The molecule has 0 atom stereocenters. The van der Waals surface area contributed by atoms with Crippen LogP contribution < -0.4 is 0 Å². The van der Waals surface area contributed by atoms with Crippen LogP contribution in [0.25, 0.3) is 38.2 Å². The second-order valence-corrected chi connectivity index (χ2v) is 8.24. The molecule has 3 heterocycles. The third-order valence-electron chi connectivity index (χ3n) is 5.65. The van der Waals surface area contributed by atoms with Gasteiger partial charge in [-0.15, -0.1) is 5.10 Å². The normalized spacial score (nSPS) is 16.8. The molecule has 0 N–H and O–H groups in total. The largest absolute Gasteiger partial charge is 0.294 e. The molecule has 6 rings (SSSR count). The number of carbonyl (C=O) groups excluding carboxylic acids is 1. The predicted octanol–water partition coefficient (Wildman–Crippen LogP) is 4.32. The van der Waals surface area contributed by atoms with Crippen molar-refractivity contribution in [1.29, 1.82) is 0 Å². The Hall–Kier alpha value is -3.15. The smallest absolute Gasteiger partial charge is 0.165 e. The van der Waals surface area contributed by atoms with Gasteiger partial charge in [0.15, 0.2) is 5.78 Å². The molecule has 1 aliphatic rings. The molecule has 27 heavy (non-hydrogen) atoms. The van der Waals surface area contributed by atoms with E-state index in [1.54, 1.807) is 10.6 Å². The zero-order valence-electron chi connectivity index (χ0n) is 14.9. The van der Waals surface area contributed by atoms with Gasteiger partial charge >= 0.3 is 0 Å². The van der Waals surface area contributed by atoms with Crippen LogP contribution in [0.3, 0.4) is 0 Å². The number of pyridine rings is 2. The highest BCUT2D eigenvalue weighted by Crippen LogP contribution is 2.42. The predicted molar refractivity (Wildman–Crippen MR) is 101 cm³/mol. The summed E-state index contributed by atoms with van der Waals surface area (Å²) in [6.07, 6.45) is 1.18. The molecule has 132 valence electrons. The number of fused-ring (bicyclic) bond motifs is 5. The molecule has 0 amide bonds. The summed E-state index contributed by atoms with van der Waals surface area (Å²) in [6, 6.07) is 8.41. The van der Waals surface area contributed by atoms with Gasteiger partial charge in [0.2, 0.25) is 0 Å². The molecule has 2 aromatic carbocycles. The molecule has 0 saturated heterocycles. The van der Waals surface area contributed by atoms with Crippen LogP contribution >= 0.6 is 0 Å². The molecule has 0 spiro atoms. The number of rotatable bonds is 0. The average molecular weight is 358 g/mol. The van der Waals surface area contributed by atoms with Gasteiger partial charge in [0, 0.05) is 28.1 Å². The number of carbonyl (C=O) groups is 1. The fraction of sp³-hybridized carbons (Fsp3) is 0.238. The van der Waals surface area contributed by atoms with E-state index in [-0.39, 0.29) is 17.0 Å². The number of hydrogen-bond acceptors (Lipinski definition) is 4. The minimum Gasteiger partial charge on any atom is -0.294 e. The van der Waals surface area contributed by atoms with Gasteiger partial charge in [-0.1, -0.05) is 19.1 Å². The van der Waals surface area contributed by atoms with Gasteiger partial charge in [-0.05, 0) is 42.2 Å². The summed E-state index contributed by atoms with van der Waals surface area (Å²) in [5.41, 5.74) is 4.40. The Morgan fingerprint density at radius 1 is 1.07 bits per heavy atom. The summed E-state index contributed by atoms with van der Waals surface area (Å²) in [5, 5.41) is 10.8. The van der Waals surface area contributed by atoms with Crippen molar-refractivity contribution in [3.63, 3.8) is 0 Å². The molecule has 0 radical (unpaired) electrons. The first kappa shape index (κ1) is 15.0. The van der Waals surface area contributed by atoms with Gasteiger partial charge in [-0.2, -0.15) is 0 Å². The fourth-order valence-electron chi connectivity index (χ4n) is 4.61. The van der Waals surface area contributed by atoms with E-state index < -0.39 is 0 Å². The minimum atomic E-state index is -0.341. The Morgan fingerprint density at radius 2 is 1.89 bits per heavy atom. The second-order valence-electron chi connectivity index (χ2n) is 8.24. The van der Waals surface area contributed by atoms with E-state index >= 15 is 0 Å². The molecular formula is C21H15FN4O. The molecule has 5 aromatic rings. The summed E-state index contributed by atoms with van der Waals surface area (Å²) in [7, 11) is 0. The highest BCUT2D eigenvalue weighted by molar-refractivity contribution is 6.27. The number of aromatic nitrogens is 4. The lowest BCUT2D eigenvalue weighted by atomic mass is 9.74. The molecule has 1 aliphatic carbocycles. The lowest BCUT2D eigenvalue weighted by molar-refractivity contribution is 0.0912. The van der Waals surface area contributed by atoms with Crippen molar-refractivity contribution in [2.75, 3.05) is 0 Å². The van der Waals surface area contributed by atoms with Crippen molar-refractivity contribution in [2.45, 2.75) is 26.7 Å². The highest BCUT2D eigenvalue weighted by Gasteiger charge is 2.35. The zero-order valence-corrected chi connectivity index (χ0v) is 14.9. The number of ketones is 1. The molecule has 0 bridgehead atoms. The van der Waals surface area contributed by atoms with Gasteiger partial charge in [-0.25, -0.2) is 8.91 Å². The maximum Gasteiger partial charge on any atom is 0.165 e. The van der Waals surface area contributed by atoms with Crippen LogP contribution in [0.15, 0.2) is 30.3 Å². The van der Waals surface area contributed by atoms with E-state index in [1.165, 1.54) is 12.1 Å². The van der Waals surface area contributed by atoms with Crippen LogP contribution in [-0.4, -0.2) is 25.6 Å². The summed E-state index contributed by atoms with van der Waals surface area (Å²) < 4.78 is 15.9. The van der Waals surface area contributed by atoms with Crippen LogP contribution in [0, 0.1) is 11.2 Å². The molecular weight excluding hydrogens is 343 g/mol. The van der Waals surface area contributed by atoms with Crippen molar-refractivity contribution in [3.8, 4) is 0 Å². The van der Waals surface area contributed by atoms with Crippen molar-refractivity contribution in [2.24, 2.45) is 5.41 Å². The van der Waals surface area contributed by atoms with Crippen LogP contribution in [-0.2, 0) is 6.42 Å². The number of benzene rings is 2. The average Bonchev–Trinajstić information content (AvgIpc) is 3.03. The summed E-state index contributed by atoms with van der Waals surface area (Å²) >= 11 is 0. The first-order valence-corrected chi connectivity index (χ1v) is 8.97. The Kier molecular flexibility index (Phi) is 2.53. The lowest BCUT2D eigenvalue weighted by Crippen LogP contribution is -2.28. The van der Waals surface area contributed by atoms with Gasteiger partial charge in [-0.3, -0.25) is 9.78 Å². The van der Waals surface area contributed by atoms with Crippen molar-refractivity contribution in [1.82, 2.24) is 19.8 Å². The van der Waals surface area contributed by atoms with Crippen LogP contribution in [0.5, 0.6) is 0 Å². The topological polar surface area (TPSA) is 60.2 Å². The summed E-state index contributed by atoms with van der Waals surface area (Å²) in [5.74, 6) is -0.273. The number of halogens is 1. The molecule has 0 saturated carbocycles. The fourth-order valence-corrected chi connectivity index (χ4v) is 4.61. The highest BCUT2D eigenvalue weighted by atomic mass is 19.1.